The number of piperazine rings is 1. The molecule has 1 heterocycles. The predicted molar refractivity (Wildman–Crippen MR) is 92.7 cm³/mol. The SMILES string of the molecule is CN=C(NCC(=O)NC1CC1)N1CCN(c2cc(F)ccc2F)CC1. The molecule has 1 saturated carbocycles. The molecule has 1 saturated heterocycles. The Morgan fingerprint density at radius 2 is 1.96 bits per heavy atom. The third-order valence-electron chi connectivity index (χ3n) is 4.39. The average Bonchev–Trinajstić information content (AvgIpc) is 3.42. The number of carbonyl (C=O) groups excluding carboxylic acids is 1. The molecule has 1 aromatic rings. The van der Waals surface area contributed by atoms with Crippen molar-refractivity contribution < 1.29 is 13.6 Å². The molecule has 25 heavy (non-hydrogen) atoms. The van der Waals surface area contributed by atoms with Crippen molar-refractivity contribution in [1.82, 2.24) is 15.5 Å². The molecule has 8 heteroatoms. The summed E-state index contributed by atoms with van der Waals surface area (Å²) in [4.78, 5) is 19.8. The van der Waals surface area contributed by atoms with Crippen LogP contribution in [0.2, 0.25) is 0 Å². The van der Waals surface area contributed by atoms with E-state index in [0.29, 0.717) is 38.2 Å². The Balaban J connectivity index is 1.51. The number of hydrogen-bond donors (Lipinski definition) is 2. The molecule has 0 unspecified atom stereocenters. The molecule has 2 aliphatic rings. The van der Waals surface area contributed by atoms with Crippen molar-refractivity contribution in [3.63, 3.8) is 0 Å². The molecule has 3 rings (SSSR count). The van der Waals surface area contributed by atoms with Crippen molar-refractivity contribution in [2.24, 2.45) is 4.99 Å². The third kappa shape index (κ3) is 4.58. The Kier molecular flexibility index (Phi) is 5.35. The number of nitrogens with zero attached hydrogens (tertiary/aromatic N) is 3. The lowest BCUT2D eigenvalue weighted by molar-refractivity contribution is -0.120. The molecule has 1 aliphatic heterocycles. The monoisotopic (exact) mass is 351 g/mol. The number of hydrogen-bond acceptors (Lipinski definition) is 3. The highest BCUT2D eigenvalue weighted by atomic mass is 19.1. The van der Waals surface area contributed by atoms with Crippen molar-refractivity contribution >= 4 is 17.6 Å². The van der Waals surface area contributed by atoms with Crippen molar-refractivity contribution in [2.75, 3.05) is 44.7 Å². The molecular formula is C17H23F2N5O. The number of aliphatic imine (C=N–C) groups is 1. The number of benzene rings is 1. The van der Waals surface area contributed by atoms with Crippen LogP contribution in [0.25, 0.3) is 0 Å². The van der Waals surface area contributed by atoms with E-state index in [-0.39, 0.29) is 18.1 Å². The van der Waals surface area contributed by atoms with Crippen LogP contribution in [-0.2, 0) is 4.79 Å². The molecule has 1 aromatic carbocycles. The molecule has 6 nitrogen and oxygen atoms in total. The van der Waals surface area contributed by atoms with E-state index in [0.717, 1.165) is 25.0 Å². The Labute approximate surface area is 145 Å². The summed E-state index contributed by atoms with van der Waals surface area (Å²) in [5.41, 5.74) is 0.284. The predicted octanol–water partition coefficient (Wildman–Crippen LogP) is 0.941. The van der Waals surface area contributed by atoms with Crippen molar-refractivity contribution in [3.05, 3.63) is 29.8 Å². The minimum Gasteiger partial charge on any atom is -0.366 e. The topological polar surface area (TPSA) is 60.0 Å². The van der Waals surface area contributed by atoms with Gasteiger partial charge in [0.15, 0.2) is 5.96 Å². The number of carbonyl (C=O) groups is 1. The summed E-state index contributed by atoms with van der Waals surface area (Å²) in [7, 11) is 1.67. The lowest BCUT2D eigenvalue weighted by Crippen LogP contribution is -2.54. The summed E-state index contributed by atoms with van der Waals surface area (Å²) in [6, 6.07) is 3.82. The lowest BCUT2D eigenvalue weighted by atomic mass is 10.2. The Hall–Kier alpha value is -2.38. The number of rotatable bonds is 4. The van der Waals surface area contributed by atoms with Gasteiger partial charge in [-0.2, -0.15) is 0 Å². The molecule has 1 amide bonds. The Bertz CT molecular complexity index is 654. The maximum atomic E-state index is 13.9. The van der Waals surface area contributed by atoms with Gasteiger partial charge in [0.1, 0.15) is 11.6 Å². The van der Waals surface area contributed by atoms with Crippen LogP contribution in [0.4, 0.5) is 14.5 Å². The summed E-state index contributed by atoms with van der Waals surface area (Å²) < 4.78 is 27.3. The minimum atomic E-state index is -0.446. The molecule has 0 bridgehead atoms. The fourth-order valence-corrected chi connectivity index (χ4v) is 2.89. The maximum absolute atomic E-state index is 13.9. The van der Waals surface area contributed by atoms with Crippen molar-refractivity contribution in [1.29, 1.82) is 0 Å². The molecular weight excluding hydrogens is 328 g/mol. The van der Waals surface area contributed by atoms with Gasteiger partial charge in [-0.05, 0) is 25.0 Å². The standard InChI is InChI=1S/C17H23F2N5O/c1-20-17(21-11-16(25)22-13-3-4-13)24-8-6-23(7-9-24)15-10-12(18)2-5-14(15)19/h2,5,10,13H,3-4,6-9,11H2,1H3,(H,20,21)(H,22,25). The molecule has 136 valence electrons. The van der Waals surface area contributed by atoms with Gasteiger partial charge in [-0.1, -0.05) is 0 Å². The lowest BCUT2D eigenvalue weighted by Gasteiger charge is -2.37. The van der Waals surface area contributed by atoms with Crippen molar-refractivity contribution in [2.45, 2.75) is 18.9 Å². The number of halogens is 2. The van der Waals surface area contributed by atoms with Gasteiger partial charge in [-0.3, -0.25) is 9.79 Å². The van der Waals surface area contributed by atoms with Gasteiger partial charge < -0.3 is 20.4 Å². The normalized spacial score (nSPS) is 18.3. The molecule has 0 aromatic heterocycles. The largest absolute Gasteiger partial charge is 0.366 e. The molecule has 2 fully saturated rings. The van der Waals surface area contributed by atoms with Crippen LogP contribution in [0.3, 0.4) is 0 Å². The highest BCUT2D eigenvalue weighted by Crippen LogP contribution is 2.22. The quantitative estimate of drug-likeness (QED) is 0.626. The van der Waals surface area contributed by atoms with E-state index in [1.807, 2.05) is 9.80 Å². The first-order chi connectivity index (χ1) is 12.1. The van der Waals surface area contributed by atoms with Gasteiger partial charge in [0.2, 0.25) is 5.91 Å². The van der Waals surface area contributed by atoms with E-state index < -0.39 is 11.6 Å². The van der Waals surface area contributed by atoms with E-state index in [1.54, 1.807) is 7.05 Å². The average molecular weight is 351 g/mol. The fraction of sp³-hybridized carbons (Fsp3) is 0.529. The zero-order chi connectivity index (χ0) is 17.8. The summed E-state index contributed by atoms with van der Waals surface area (Å²) in [5.74, 6) is -0.262. The maximum Gasteiger partial charge on any atom is 0.239 e. The van der Waals surface area contributed by atoms with Gasteiger partial charge in [0.05, 0.1) is 12.2 Å². The Morgan fingerprint density at radius 3 is 2.60 bits per heavy atom. The fourth-order valence-electron chi connectivity index (χ4n) is 2.89. The minimum absolute atomic E-state index is 0.0379. The summed E-state index contributed by atoms with van der Waals surface area (Å²) in [6.07, 6.45) is 2.11. The number of nitrogens with one attached hydrogen (secondary N) is 2. The smallest absolute Gasteiger partial charge is 0.239 e. The third-order valence-corrected chi connectivity index (χ3v) is 4.39. The van der Waals surface area contributed by atoms with E-state index in [2.05, 4.69) is 15.6 Å². The molecule has 0 spiro atoms. The van der Waals surface area contributed by atoms with Gasteiger partial charge in [0.25, 0.3) is 0 Å². The second kappa shape index (κ2) is 7.67. The van der Waals surface area contributed by atoms with Crippen LogP contribution in [0.15, 0.2) is 23.2 Å². The van der Waals surface area contributed by atoms with E-state index in [1.165, 1.54) is 6.07 Å². The van der Waals surface area contributed by atoms with Gasteiger partial charge in [-0.25, -0.2) is 8.78 Å². The van der Waals surface area contributed by atoms with Crippen LogP contribution >= 0.6 is 0 Å². The van der Waals surface area contributed by atoms with Gasteiger partial charge >= 0.3 is 0 Å². The van der Waals surface area contributed by atoms with Gasteiger partial charge in [0, 0.05) is 45.3 Å². The van der Waals surface area contributed by atoms with Crippen LogP contribution in [0.5, 0.6) is 0 Å². The van der Waals surface area contributed by atoms with Crippen molar-refractivity contribution in [3.8, 4) is 0 Å². The second-order valence-electron chi connectivity index (χ2n) is 6.31. The van der Waals surface area contributed by atoms with Crippen LogP contribution in [0.1, 0.15) is 12.8 Å². The van der Waals surface area contributed by atoms with Crippen LogP contribution in [0, 0.1) is 11.6 Å². The molecule has 1 aliphatic carbocycles. The number of guanidine groups is 1. The van der Waals surface area contributed by atoms with Crippen LogP contribution in [-0.4, -0.2) is 62.6 Å². The summed E-state index contributed by atoms with van der Waals surface area (Å²) >= 11 is 0. The first-order valence-electron chi connectivity index (χ1n) is 8.52. The highest BCUT2D eigenvalue weighted by molar-refractivity contribution is 5.86. The number of anilines is 1. The van der Waals surface area contributed by atoms with E-state index in [4.69, 9.17) is 0 Å². The molecule has 2 N–H and O–H groups in total. The first kappa shape index (κ1) is 17.4. The molecule has 0 atom stereocenters. The Morgan fingerprint density at radius 1 is 1.24 bits per heavy atom. The molecule has 0 radical (unpaired) electrons. The van der Waals surface area contributed by atoms with E-state index in [9.17, 15) is 13.6 Å². The zero-order valence-electron chi connectivity index (χ0n) is 14.3. The first-order valence-corrected chi connectivity index (χ1v) is 8.52. The van der Waals surface area contributed by atoms with Crippen LogP contribution < -0.4 is 15.5 Å². The van der Waals surface area contributed by atoms with E-state index >= 15 is 0 Å². The summed E-state index contributed by atoms with van der Waals surface area (Å²) in [6.45, 7) is 2.51. The second-order valence-corrected chi connectivity index (χ2v) is 6.31. The number of amides is 1. The highest BCUT2D eigenvalue weighted by Gasteiger charge is 2.24. The van der Waals surface area contributed by atoms with Gasteiger partial charge in [-0.15, -0.1) is 0 Å². The summed E-state index contributed by atoms with van der Waals surface area (Å²) in [5, 5.41) is 5.97. The zero-order valence-corrected chi connectivity index (χ0v) is 14.3.